The van der Waals surface area contributed by atoms with E-state index in [9.17, 15) is 0 Å². The SMILES string of the molecule is CCOC1CC(NCCC2CC2)C12CCCCC2. The summed E-state index contributed by atoms with van der Waals surface area (Å²) in [6.45, 7) is 4.28. The molecule has 1 N–H and O–H groups in total. The van der Waals surface area contributed by atoms with Crippen molar-refractivity contribution in [2.24, 2.45) is 11.3 Å². The molecule has 3 rings (SSSR count). The maximum absolute atomic E-state index is 6.00. The summed E-state index contributed by atoms with van der Waals surface area (Å²) in [5, 5.41) is 3.86. The van der Waals surface area contributed by atoms with Crippen molar-refractivity contribution in [1.29, 1.82) is 0 Å². The Morgan fingerprint density at radius 1 is 1.17 bits per heavy atom. The molecule has 0 aromatic heterocycles. The van der Waals surface area contributed by atoms with Crippen LogP contribution in [0, 0.1) is 11.3 Å². The van der Waals surface area contributed by atoms with Crippen LogP contribution in [0.1, 0.15) is 64.7 Å². The molecule has 18 heavy (non-hydrogen) atoms. The highest BCUT2D eigenvalue weighted by molar-refractivity contribution is 5.08. The lowest BCUT2D eigenvalue weighted by molar-refractivity contribution is -0.149. The molecule has 0 radical (unpaired) electrons. The summed E-state index contributed by atoms with van der Waals surface area (Å²) in [4.78, 5) is 0. The molecule has 2 unspecified atom stereocenters. The minimum Gasteiger partial charge on any atom is -0.378 e. The van der Waals surface area contributed by atoms with Gasteiger partial charge in [0.1, 0.15) is 0 Å². The zero-order chi connectivity index (χ0) is 12.4. The summed E-state index contributed by atoms with van der Waals surface area (Å²) in [5.41, 5.74) is 0.512. The van der Waals surface area contributed by atoms with Crippen LogP contribution in [0.2, 0.25) is 0 Å². The molecule has 2 nitrogen and oxygen atoms in total. The molecule has 2 atom stereocenters. The van der Waals surface area contributed by atoms with E-state index in [4.69, 9.17) is 4.74 Å². The quantitative estimate of drug-likeness (QED) is 0.780. The predicted octanol–water partition coefficient (Wildman–Crippen LogP) is 3.50. The summed E-state index contributed by atoms with van der Waals surface area (Å²) < 4.78 is 6.00. The Morgan fingerprint density at radius 2 is 1.94 bits per heavy atom. The van der Waals surface area contributed by atoms with Gasteiger partial charge in [-0.15, -0.1) is 0 Å². The molecule has 3 aliphatic carbocycles. The van der Waals surface area contributed by atoms with E-state index in [1.807, 2.05) is 0 Å². The number of rotatable bonds is 6. The van der Waals surface area contributed by atoms with Crippen molar-refractivity contribution in [3.8, 4) is 0 Å². The number of ether oxygens (including phenoxy) is 1. The second kappa shape index (κ2) is 5.50. The van der Waals surface area contributed by atoms with Crippen LogP contribution in [0.4, 0.5) is 0 Å². The number of hydrogen-bond acceptors (Lipinski definition) is 2. The highest BCUT2D eigenvalue weighted by atomic mass is 16.5. The van der Waals surface area contributed by atoms with Crippen molar-refractivity contribution in [2.45, 2.75) is 76.9 Å². The van der Waals surface area contributed by atoms with Gasteiger partial charge in [0.05, 0.1) is 6.10 Å². The summed E-state index contributed by atoms with van der Waals surface area (Å²) in [7, 11) is 0. The minimum atomic E-state index is 0.512. The van der Waals surface area contributed by atoms with Gasteiger partial charge >= 0.3 is 0 Å². The van der Waals surface area contributed by atoms with Gasteiger partial charge in [-0.3, -0.25) is 0 Å². The molecule has 104 valence electrons. The van der Waals surface area contributed by atoms with Crippen LogP contribution in [-0.4, -0.2) is 25.3 Å². The zero-order valence-electron chi connectivity index (χ0n) is 11.9. The van der Waals surface area contributed by atoms with Crippen LogP contribution < -0.4 is 5.32 Å². The highest BCUT2D eigenvalue weighted by Gasteiger charge is 2.55. The zero-order valence-corrected chi connectivity index (χ0v) is 11.9. The first kappa shape index (κ1) is 12.9. The van der Waals surface area contributed by atoms with Crippen LogP contribution in [0.25, 0.3) is 0 Å². The molecular weight excluding hydrogens is 222 g/mol. The first-order valence-electron chi connectivity index (χ1n) is 8.20. The van der Waals surface area contributed by atoms with E-state index in [1.165, 1.54) is 64.3 Å². The summed E-state index contributed by atoms with van der Waals surface area (Å²) in [5.74, 6) is 1.06. The first-order valence-corrected chi connectivity index (χ1v) is 8.20. The minimum absolute atomic E-state index is 0.512. The lowest BCUT2D eigenvalue weighted by Gasteiger charge is -2.58. The van der Waals surface area contributed by atoms with Gasteiger partial charge in [-0.05, 0) is 45.1 Å². The van der Waals surface area contributed by atoms with Crippen molar-refractivity contribution in [3.05, 3.63) is 0 Å². The fourth-order valence-electron chi connectivity index (χ4n) is 4.22. The van der Waals surface area contributed by atoms with Gasteiger partial charge in [0.25, 0.3) is 0 Å². The smallest absolute Gasteiger partial charge is 0.0661 e. The second-order valence-corrected chi connectivity index (χ2v) is 6.71. The van der Waals surface area contributed by atoms with Crippen LogP contribution in [0.5, 0.6) is 0 Å². The topological polar surface area (TPSA) is 21.3 Å². The van der Waals surface area contributed by atoms with Crippen molar-refractivity contribution in [1.82, 2.24) is 5.32 Å². The molecule has 3 fully saturated rings. The molecular formula is C16H29NO. The normalized spacial score (nSPS) is 34.5. The molecule has 0 aromatic carbocycles. The van der Waals surface area contributed by atoms with Gasteiger partial charge in [-0.1, -0.05) is 32.1 Å². The van der Waals surface area contributed by atoms with Crippen LogP contribution in [0.3, 0.4) is 0 Å². The standard InChI is InChI=1S/C16H29NO/c1-2-18-15-12-14(17-11-8-13-6-7-13)16(15)9-4-3-5-10-16/h13-15,17H,2-12H2,1H3. The van der Waals surface area contributed by atoms with Gasteiger partial charge in [-0.2, -0.15) is 0 Å². The molecule has 0 saturated heterocycles. The lowest BCUT2D eigenvalue weighted by Crippen LogP contribution is -2.64. The van der Waals surface area contributed by atoms with Crippen LogP contribution in [-0.2, 0) is 4.74 Å². The van der Waals surface area contributed by atoms with Crippen molar-refractivity contribution < 1.29 is 4.74 Å². The molecule has 1 spiro atoms. The molecule has 2 heteroatoms. The van der Waals surface area contributed by atoms with Gasteiger partial charge < -0.3 is 10.1 Å². The van der Waals surface area contributed by atoms with Gasteiger partial charge in [0, 0.05) is 18.1 Å². The first-order chi connectivity index (χ1) is 8.85. The third kappa shape index (κ3) is 2.46. The van der Waals surface area contributed by atoms with Gasteiger partial charge in [0.2, 0.25) is 0 Å². The Kier molecular flexibility index (Phi) is 3.95. The van der Waals surface area contributed by atoms with E-state index in [0.29, 0.717) is 11.5 Å². The Bertz CT molecular complexity index is 268. The monoisotopic (exact) mass is 251 g/mol. The third-order valence-electron chi connectivity index (χ3n) is 5.58. The predicted molar refractivity (Wildman–Crippen MR) is 74.7 cm³/mol. The molecule has 3 aliphatic rings. The summed E-state index contributed by atoms with van der Waals surface area (Å²) >= 11 is 0. The van der Waals surface area contributed by atoms with Crippen LogP contribution in [0.15, 0.2) is 0 Å². The van der Waals surface area contributed by atoms with E-state index in [0.717, 1.165) is 18.6 Å². The highest BCUT2D eigenvalue weighted by Crippen LogP contribution is 2.53. The van der Waals surface area contributed by atoms with Gasteiger partial charge in [0.15, 0.2) is 0 Å². The van der Waals surface area contributed by atoms with E-state index in [1.54, 1.807) is 0 Å². The third-order valence-corrected chi connectivity index (χ3v) is 5.58. The summed E-state index contributed by atoms with van der Waals surface area (Å²) in [6.07, 6.45) is 13.3. The van der Waals surface area contributed by atoms with E-state index >= 15 is 0 Å². The van der Waals surface area contributed by atoms with Crippen molar-refractivity contribution in [2.75, 3.05) is 13.2 Å². The molecule has 0 aromatic rings. The Balaban J connectivity index is 1.52. The summed E-state index contributed by atoms with van der Waals surface area (Å²) in [6, 6.07) is 0.758. The fourth-order valence-corrected chi connectivity index (χ4v) is 4.22. The average molecular weight is 251 g/mol. The second-order valence-electron chi connectivity index (χ2n) is 6.71. The maximum atomic E-state index is 6.00. The number of nitrogens with one attached hydrogen (secondary N) is 1. The van der Waals surface area contributed by atoms with Gasteiger partial charge in [-0.25, -0.2) is 0 Å². The molecule has 3 saturated carbocycles. The fraction of sp³-hybridized carbons (Fsp3) is 1.00. The van der Waals surface area contributed by atoms with Crippen molar-refractivity contribution in [3.63, 3.8) is 0 Å². The molecule has 0 aliphatic heterocycles. The van der Waals surface area contributed by atoms with E-state index in [2.05, 4.69) is 12.2 Å². The maximum Gasteiger partial charge on any atom is 0.0661 e. The van der Waals surface area contributed by atoms with Crippen molar-refractivity contribution >= 4 is 0 Å². The largest absolute Gasteiger partial charge is 0.378 e. The molecule has 0 bridgehead atoms. The Hall–Kier alpha value is -0.0800. The lowest BCUT2D eigenvalue weighted by atomic mass is 9.55. The average Bonchev–Trinajstić information content (AvgIpc) is 3.22. The number of hydrogen-bond donors (Lipinski definition) is 1. The molecule has 0 heterocycles. The van der Waals surface area contributed by atoms with Crippen LogP contribution >= 0.6 is 0 Å². The van der Waals surface area contributed by atoms with E-state index < -0.39 is 0 Å². The Morgan fingerprint density at radius 3 is 2.61 bits per heavy atom. The molecule has 0 amide bonds. The van der Waals surface area contributed by atoms with E-state index in [-0.39, 0.29) is 0 Å². The Labute approximate surface area is 112 Å².